The van der Waals surface area contributed by atoms with E-state index < -0.39 is 0 Å². The van der Waals surface area contributed by atoms with E-state index in [1.165, 1.54) is 12.8 Å². The first-order valence-electron chi connectivity index (χ1n) is 8.73. The number of hydrogen-bond acceptors (Lipinski definition) is 4. The molecule has 5 nitrogen and oxygen atoms in total. The van der Waals surface area contributed by atoms with Gasteiger partial charge in [-0.25, -0.2) is 9.67 Å². The van der Waals surface area contributed by atoms with E-state index in [2.05, 4.69) is 32.4 Å². The second-order valence-electron chi connectivity index (χ2n) is 7.67. The molecule has 1 saturated carbocycles. The average Bonchev–Trinajstić information content (AvgIpc) is 2.86. The number of aromatic nitrogens is 3. The van der Waals surface area contributed by atoms with E-state index in [1.807, 2.05) is 0 Å². The van der Waals surface area contributed by atoms with E-state index in [1.54, 1.807) is 0 Å². The molecule has 1 fully saturated rings. The van der Waals surface area contributed by atoms with Crippen LogP contribution in [0.15, 0.2) is 0 Å². The van der Waals surface area contributed by atoms with Crippen LogP contribution in [0.4, 0.5) is 0 Å². The van der Waals surface area contributed by atoms with Gasteiger partial charge in [-0.3, -0.25) is 0 Å². The molecule has 0 radical (unpaired) electrons. The third-order valence-corrected chi connectivity index (χ3v) is 4.54. The maximum atomic E-state index is 9.85. The van der Waals surface area contributed by atoms with Gasteiger partial charge in [0.1, 0.15) is 5.82 Å². The highest BCUT2D eigenvalue weighted by Crippen LogP contribution is 2.33. The van der Waals surface area contributed by atoms with Gasteiger partial charge in [-0.15, -0.1) is 0 Å². The summed E-state index contributed by atoms with van der Waals surface area (Å²) in [7, 11) is 0. The Morgan fingerprint density at radius 2 is 2.00 bits per heavy atom. The minimum absolute atomic E-state index is 0.0779. The van der Waals surface area contributed by atoms with Gasteiger partial charge in [0.05, 0.1) is 11.6 Å². The lowest BCUT2D eigenvalue weighted by atomic mass is 9.83. The number of nitrogens with two attached hydrogens (primary N) is 1. The van der Waals surface area contributed by atoms with Crippen LogP contribution >= 0.6 is 0 Å². The molecule has 1 aliphatic rings. The van der Waals surface area contributed by atoms with E-state index in [9.17, 15) is 5.11 Å². The van der Waals surface area contributed by atoms with Crippen molar-refractivity contribution in [3.8, 4) is 0 Å². The molecule has 2 rings (SSSR count). The maximum absolute atomic E-state index is 9.85. The van der Waals surface area contributed by atoms with Crippen LogP contribution < -0.4 is 5.73 Å². The lowest BCUT2D eigenvalue weighted by Crippen LogP contribution is -2.41. The van der Waals surface area contributed by atoms with Gasteiger partial charge in [0.2, 0.25) is 0 Å². The van der Waals surface area contributed by atoms with Gasteiger partial charge in [0.15, 0.2) is 5.82 Å². The molecule has 0 bridgehead atoms. The molecule has 1 aromatic rings. The molecule has 22 heavy (non-hydrogen) atoms. The molecule has 0 aliphatic heterocycles. The lowest BCUT2D eigenvalue weighted by Gasteiger charge is -2.32. The Morgan fingerprint density at radius 3 is 2.59 bits per heavy atom. The average molecular weight is 308 g/mol. The number of aryl methyl sites for hydroxylation is 1. The predicted molar refractivity (Wildman–Crippen MR) is 88.8 cm³/mol. The molecule has 0 aromatic carbocycles. The third-order valence-electron chi connectivity index (χ3n) is 4.54. The Morgan fingerprint density at radius 1 is 1.27 bits per heavy atom. The minimum Gasteiger partial charge on any atom is -0.392 e. The molecule has 0 amide bonds. The lowest BCUT2D eigenvalue weighted by molar-refractivity contribution is 0.0975. The topological polar surface area (TPSA) is 77.0 Å². The highest BCUT2D eigenvalue weighted by Gasteiger charge is 2.33. The quantitative estimate of drug-likeness (QED) is 0.820. The van der Waals surface area contributed by atoms with Gasteiger partial charge in [0, 0.05) is 18.4 Å². The van der Waals surface area contributed by atoms with Crippen molar-refractivity contribution < 1.29 is 5.11 Å². The van der Waals surface area contributed by atoms with Crippen molar-refractivity contribution in [3.05, 3.63) is 11.6 Å². The van der Waals surface area contributed by atoms with Crippen molar-refractivity contribution in [1.29, 1.82) is 0 Å². The van der Waals surface area contributed by atoms with Crippen LogP contribution in [0.2, 0.25) is 0 Å². The summed E-state index contributed by atoms with van der Waals surface area (Å²) in [5.74, 6) is 2.32. The van der Waals surface area contributed by atoms with Crippen LogP contribution in [0.1, 0.15) is 83.8 Å². The summed E-state index contributed by atoms with van der Waals surface area (Å²) < 4.78 is 2.09. The van der Waals surface area contributed by atoms with Crippen LogP contribution in [-0.4, -0.2) is 32.0 Å². The summed E-state index contributed by atoms with van der Waals surface area (Å²) in [5.41, 5.74) is 5.98. The van der Waals surface area contributed by atoms with Crippen molar-refractivity contribution in [1.82, 2.24) is 14.8 Å². The minimum atomic E-state index is -0.369. The molecule has 0 unspecified atom stereocenters. The first-order valence-corrected chi connectivity index (χ1v) is 8.73. The zero-order chi connectivity index (χ0) is 16.3. The molecule has 1 heterocycles. The number of nitrogens with zero attached hydrogens (tertiary/aromatic N) is 3. The maximum Gasteiger partial charge on any atom is 0.150 e. The van der Waals surface area contributed by atoms with Crippen molar-refractivity contribution in [2.45, 2.75) is 96.2 Å². The van der Waals surface area contributed by atoms with E-state index in [0.717, 1.165) is 43.8 Å². The molecule has 3 N–H and O–H groups in total. The van der Waals surface area contributed by atoms with Crippen molar-refractivity contribution >= 4 is 0 Å². The normalized spacial score (nSPS) is 26.4. The second-order valence-corrected chi connectivity index (χ2v) is 7.67. The van der Waals surface area contributed by atoms with Gasteiger partial charge in [-0.05, 0) is 46.5 Å². The summed E-state index contributed by atoms with van der Waals surface area (Å²) >= 11 is 0. The fraction of sp³-hybridized carbons (Fsp3) is 0.882. The second kappa shape index (κ2) is 7.09. The molecule has 1 aliphatic carbocycles. The molecule has 5 heteroatoms. The fourth-order valence-corrected chi connectivity index (χ4v) is 3.19. The molecule has 126 valence electrons. The summed E-state index contributed by atoms with van der Waals surface area (Å²) in [5, 5.41) is 14.6. The molecule has 1 aromatic heterocycles. The monoisotopic (exact) mass is 308 g/mol. The Balaban J connectivity index is 2.21. The fourth-order valence-electron chi connectivity index (χ4n) is 3.19. The highest BCUT2D eigenvalue weighted by atomic mass is 16.3. The SMILES string of the molecule is CCCCCc1nc([C@H]2CC[C@@H](O)[C@H](N)C2)n(C(C)(C)C)n1. The number of aliphatic hydroxyl groups excluding tert-OH is 1. The first-order chi connectivity index (χ1) is 10.3. The van der Waals surface area contributed by atoms with Gasteiger partial charge >= 0.3 is 0 Å². The summed E-state index contributed by atoms with van der Waals surface area (Å²) in [6.45, 7) is 8.71. The Hall–Kier alpha value is -0.940. The smallest absolute Gasteiger partial charge is 0.150 e. The third kappa shape index (κ3) is 4.07. The van der Waals surface area contributed by atoms with E-state index in [4.69, 9.17) is 15.8 Å². The van der Waals surface area contributed by atoms with E-state index in [-0.39, 0.29) is 17.7 Å². The number of aliphatic hydroxyl groups is 1. The summed E-state index contributed by atoms with van der Waals surface area (Å²) in [6.07, 6.45) is 6.66. The molecule has 0 spiro atoms. The molecular formula is C17H32N4O. The molecule has 0 saturated heterocycles. The van der Waals surface area contributed by atoms with Crippen LogP contribution in [0.25, 0.3) is 0 Å². The zero-order valence-electron chi connectivity index (χ0n) is 14.5. The van der Waals surface area contributed by atoms with Crippen LogP contribution in [0.3, 0.4) is 0 Å². The van der Waals surface area contributed by atoms with E-state index in [0.29, 0.717) is 5.92 Å². The van der Waals surface area contributed by atoms with Gasteiger partial charge in [-0.2, -0.15) is 5.10 Å². The number of unbranched alkanes of at least 4 members (excludes halogenated alkanes) is 2. The molecular weight excluding hydrogens is 276 g/mol. The van der Waals surface area contributed by atoms with Crippen molar-refractivity contribution in [2.24, 2.45) is 5.73 Å². The Labute approximate surface area is 134 Å². The van der Waals surface area contributed by atoms with Crippen molar-refractivity contribution in [2.75, 3.05) is 0 Å². The predicted octanol–water partition coefficient (Wildman–Crippen LogP) is 2.72. The van der Waals surface area contributed by atoms with Gasteiger partial charge in [0.25, 0.3) is 0 Å². The van der Waals surface area contributed by atoms with Gasteiger partial charge < -0.3 is 10.8 Å². The Bertz CT molecular complexity index is 477. The van der Waals surface area contributed by atoms with Crippen LogP contribution in [-0.2, 0) is 12.0 Å². The van der Waals surface area contributed by atoms with Crippen LogP contribution in [0.5, 0.6) is 0 Å². The standard InChI is InChI=1S/C17H32N4O/c1-5-6-7-8-15-19-16(21(20-15)17(2,3)4)12-9-10-14(22)13(18)11-12/h12-14,22H,5-11,18H2,1-4H3/t12-,13+,14+/m0/s1. The first kappa shape index (κ1) is 17.4. The summed E-state index contributed by atoms with van der Waals surface area (Å²) in [6, 6.07) is -0.146. The number of rotatable bonds is 5. The molecule has 3 atom stereocenters. The van der Waals surface area contributed by atoms with E-state index >= 15 is 0 Å². The van der Waals surface area contributed by atoms with Crippen LogP contribution in [0, 0.1) is 0 Å². The zero-order valence-corrected chi connectivity index (χ0v) is 14.5. The Kier molecular flexibility index (Phi) is 5.61. The summed E-state index contributed by atoms with van der Waals surface area (Å²) in [4.78, 5) is 4.85. The van der Waals surface area contributed by atoms with Crippen molar-refractivity contribution in [3.63, 3.8) is 0 Å². The highest BCUT2D eigenvalue weighted by molar-refractivity contribution is 5.06. The number of hydrogen-bond donors (Lipinski definition) is 2. The van der Waals surface area contributed by atoms with Gasteiger partial charge in [-0.1, -0.05) is 19.8 Å². The largest absolute Gasteiger partial charge is 0.392 e.